The maximum Gasteiger partial charge on any atom is 0.243 e. The molecule has 94 valence electrons. The summed E-state index contributed by atoms with van der Waals surface area (Å²) in [4.78, 5) is 0.335. The molecular formula is C12H17NO3S. The van der Waals surface area contributed by atoms with Crippen LogP contribution in [0.15, 0.2) is 35.2 Å². The molecule has 0 bridgehead atoms. The van der Waals surface area contributed by atoms with Gasteiger partial charge in [-0.1, -0.05) is 18.2 Å². The summed E-state index contributed by atoms with van der Waals surface area (Å²) in [6.45, 7) is 2.54. The van der Waals surface area contributed by atoms with Gasteiger partial charge in [0.2, 0.25) is 10.0 Å². The van der Waals surface area contributed by atoms with E-state index in [1.165, 1.54) is 4.31 Å². The van der Waals surface area contributed by atoms with Crippen LogP contribution in [0.4, 0.5) is 0 Å². The van der Waals surface area contributed by atoms with Crippen LogP contribution in [0.3, 0.4) is 0 Å². The molecule has 0 saturated carbocycles. The third kappa shape index (κ3) is 2.36. The summed E-state index contributed by atoms with van der Waals surface area (Å²) in [6.07, 6.45) is 0.711. The van der Waals surface area contributed by atoms with Crippen molar-refractivity contribution in [2.75, 3.05) is 13.7 Å². The van der Waals surface area contributed by atoms with Gasteiger partial charge in [-0.05, 0) is 25.5 Å². The minimum Gasteiger partial charge on any atom is -0.377 e. The van der Waals surface area contributed by atoms with Crippen LogP contribution in [0.5, 0.6) is 0 Å². The van der Waals surface area contributed by atoms with Crippen LogP contribution in [0.25, 0.3) is 0 Å². The van der Waals surface area contributed by atoms with Gasteiger partial charge in [0, 0.05) is 13.7 Å². The van der Waals surface area contributed by atoms with Crippen LogP contribution in [0.2, 0.25) is 0 Å². The molecule has 0 amide bonds. The van der Waals surface area contributed by atoms with E-state index < -0.39 is 10.0 Å². The third-order valence-corrected chi connectivity index (χ3v) is 5.12. The van der Waals surface area contributed by atoms with Gasteiger partial charge in [0.15, 0.2) is 0 Å². The Morgan fingerprint density at radius 2 is 1.94 bits per heavy atom. The van der Waals surface area contributed by atoms with E-state index in [2.05, 4.69) is 0 Å². The maximum atomic E-state index is 12.3. The minimum atomic E-state index is -3.40. The van der Waals surface area contributed by atoms with Crippen LogP contribution in [0, 0.1) is 0 Å². The largest absolute Gasteiger partial charge is 0.377 e. The Labute approximate surface area is 102 Å². The molecule has 0 aliphatic carbocycles. The molecule has 2 unspecified atom stereocenters. The first-order valence-electron chi connectivity index (χ1n) is 5.68. The van der Waals surface area contributed by atoms with Crippen molar-refractivity contribution in [3.05, 3.63) is 30.3 Å². The lowest BCUT2D eigenvalue weighted by atomic mass is 10.2. The normalized spacial score (nSPS) is 25.4. The molecule has 1 heterocycles. The number of rotatable bonds is 3. The van der Waals surface area contributed by atoms with Gasteiger partial charge in [0.05, 0.1) is 17.0 Å². The van der Waals surface area contributed by atoms with Crippen LogP contribution < -0.4 is 0 Å². The number of benzene rings is 1. The first-order chi connectivity index (χ1) is 8.03. The van der Waals surface area contributed by atoms with Crippen molar-refractivity contribution in [2.24, 2.45) is 0 Å². The molecule has 1 aliphatic rings. The highest BCUT2D eigenvalue weighted by Gasteiger charge is 2.35. The number of nitrogens with zero attached hydrogens (tertiary/aromatic N) is 1. The average molecular weight is 255 g/mol. The van der Waals surface area contributed by atoms with Crippen LogP contribution in [-0.4, -0.2) is 38.5 Å². The Kier molecular flexibility index (Phi) is 3.51. The van der Waals surface area contributed by atoms with Crippen molar-refractivity contribution in [2.45, 2.75) is 30.4 Å². The summed E-state index contributed by atoms with van der Waals surface area (Å²) in [5, 5.41) is 0. The number of ether oxygens (including phenoxy) is 1. The van der Waals surface area contributed by atoms with Gasteiger partial charge in [-0.15, -0.1) is 0 Å². The molecule has 2 atom stereocenters. The fraction of sp³-hybridized carbons (Fsp3) is 0.500. The Balaban J connectivity index is 2.27. The maximum absolute atomic E-state index is 12.3. The highest BCUT2D eigenvalue weighted by atomic mass is 32.2. The lowest BCUT2D eigenvalue weighted by molar-refractivity contribution is 0.102. The number of sulfonamides is 1. The van der Waals surface area contributed by atoms with Crippen molar-refractivity contribution < 1.29 is 13.2 Å². The number of hydrogen-bond acceptors (Lipinski definition) is 3. The quantitative estimate of drug-likeness (QED) is 0.822. The molecule has 0 aromatic heterocycles. The van der Waals surface area contributed by atoms with E-state index in [1.807, 2.05) is 6.92 Å². The van der Waals surface area contributed by atoms with E-state index >= 15 is 0 Å². The first kappa shape index (κ1) is 12.5. The summed E-state index contributed by atoms with van der Waals surface area (Å²) in [6, 6.07) is 8.43. The van der Waals surface area contributed by atoms with Crippen molar-refractivity contribution in [3.63, 3.8) is 0 Å². The molecule has 1 saturated heterocycles. The SMILES string of the molecule is CC1OCCC1N(C)S(=O)(=O)c1ccccc1. The van der Waals surface area contributed by atoms with Crippen LogP contribution >= 0.6 is 0 Å². The molecular weight excluding hydrogens is 238 g/mol. The second kappa shape index (κ2) is 4.76. The second-order valence-electron chi connectivity index (χ2n) is 4.27. The zero-order valence-electron chi connectivity index (χ0n) is 10.0. The lowest BCUT2D eigenvalue weighted by Gasteiger charge is -2.25. The van der Waals surface area contributed by atoms with Crippen molar-refractivity contribution >= 4 is 10.0 Å². The van der Waals surface area contributed by atoms with E-state index in [0.717, 1.165) is 6.42 Å². The molecule has 1 fully saturated rings. The van der Waals surface area contributed by atoms with Gasteiger partial charge in [-0.25, -0.2) is 8.42 Å². The molecule has 1 aromatic rings. The monoisotopic (exact) mass is 255 g/mol. The summed E-state index contributed by atoms with van der Waals surface area (Å²) in [5.74, 6) is 0. The number of likely N-dealkylation sites (N-methyl/N-ethyl adjacent to an activating group) is 1. The van der Waals surface area contributed by atoms with Crippen LogP contribution in [0.1, 0.15) is 13.3 Å². The van der Waals surface area contributed by atoms with Gasteiger partial charge < -0.3 is 4.74 Å². The van der Waals surface area contributed by atoms with Crippen molar-refractivity contribution in [1.82, 2.24) is 4.31 Å². The topological polar surface area (TPSA) is 46.6 Å². The van der Waals surface area contributed by atoms with Crippen molar-refractivity contribution in [1.29, 1.82) is 0 Å². The van der Waals surface area contributed by atoms with Gasteiger partial charge in [-0.3, -0.25) is 0 Å². The van der Waals surface area contributed by atoms with E-state index in [9.17, 15) is 8.42 Å². The average Bonchev–Trinajstić information content (AvgIpc) is 2.75. The molecule has 5 heteroatoms. The highest BCUT2D eigenvalue weighted by molar-refractivity contribution is 7.89. The predicted molar refractivity (Wildman–Crippen MR) is 65.2 cm³/mol. The van der Waals surface area contributed by atoms with Gasteiger partial charge in [0.25, 0.3) is 0 Å². The zero-order chi connectivity index (χ0) is 12.5. The summed E-state index contributed by atoms with van der Waals surface area (Å²) in [7, 11) is -1.78. The molecule has 0 N–H and O–H groups in total. The Hall–Kier alpha value is -0.910. The van der Waals surface area contributed by atoms with Crippen LogP contribution in [-0.2, 0) is 14.8 Å². The van der Waals surface area contributed by atoms with Gasteiger partial charge in [-0.2, -0.15) is 4.31 Å². The minimum absolute atomic E-state index is 0.0431. The molecule has 2 rings (SSSR count). The predicted octanol–water partition coefficient (Wildman–Crippen LogP) is 1.48. The molecule has 1 aromatic carbocycles. The van der Waals surface area contributed by atoms with E-state index in [1.54, 1.807) is 37.4 Å². The number of hydrogen-bond donors (Lipinski definition) is 0. The fourth-order valence-corrected chi connectivity index (χ4v) is 3.60. The highest BCUT2D eigenvalue weighted by Crippen LogP contribution is 2.24. The molecule has 1 aliphatic heterocycles. The second-order valence-corrected chi connectivity index (χ2v) is 6.26. The van der Waals surface area contributed by atoms with E-state index in [4.69, 9.17) is 4.74 Å². The summed E-state index contributed by atoms with van der Waals surface area (Å²) < 4.78 is 31.5. The standard InChI is InChI=1S/C12H17NO3S/c1-10-12(8-9-16-10)13(2)17(14,15)11-6-4-3-5-7-11/h3-7,10,12H,8-9H2,1-2H3. The molecule has 0 spiro atoms. The molecule has 0 radical (unpaired) electrons. The first-order valence-corrected chi connectivity index (χ1v) is 7.12. The van der Waals surface area contributed by atoms with E-state index in [0.29, 0.717) is 11.5 Å². The lowest BCUT2D eigenvalue weighted by Crippen LogP contribution is -2.40. The van der Waals surface area contributed by atoms with E-state index in [-0.39, 0.29) is 12.1 Å². The van der Waals surface area contributed by atoms with Crippen molar-refractivity contribution in [3.8, 4) is 0 Å². The fourth-order valence-electron chi connectivity index (χ4n) is 2.13. The smallest absolute Gasteiger partial charge is 0.243 e. The van der Waals surface area contributed by atoms with Gasteiger partial charge >= 0.3 is 0 Å². The van der Waals surface area contributed by atoms with Gasteiger partial charge in [0.1, 0.15) is 0 Å². The third-order valence-electron chi connectivity index (χ3n) is 3.22. The summed E-state index contributed by atoms with van der Waals surface area (Å²) in [5.41, 5.74) is 0. The molecule has 4 nitrogen and oxygen atoms in total. The Bertz CT molecular complexity index is 472. The Morgan fingerprint density at radius 3 is 2.47 bits per heavy atom. The summed E-state index contributed by atoms with van der Waals surface area (Å²) >= 11 is 0. The zero-order valence-corrected chi connectivity index (χ0v) is 10.9. The Morgan fingerprint density at radius 1 is 1.29 bits per heavy atom. The molecule has 17 heavy (non-hydrogen) atoms.